The molecule has 0 aliphatic carbocycles. The Morgan fingerprint density at radius 3 is 2.81 bits per heavy atom. The Hall–Kier alpha value is -1.56. The molecule has 2 heterocycles. The maximum absolute atomic E-state index is 10.9. The van der Waals surface area contributed by atoms with Crippen LogP contribution in [0.4, 0.5) is 4.79 Å². The molecule has 0 saturated carbocycles. The molecular weight excluding hydrogens is 334 g/mol. The van der Waals surface area contributed by atoms with Crippen molar-refractivity contribution in [2.75, 3.05) is 13.1 Å². The van der Waals surface area contributed by atoms with Gasteiger partial charge in [0.1, 0.15) is 0 Å². The zero-order chi connectivity index (χ0) is 15.0. The zero-order valence-corrected chi connectivity index (χ0v) is 13.5. The van der Waals surface area contributed by atoms with Gasteiger partial charge in [0.15, 0.2) is 0 Å². The van der Waals surface area contributed by atoms with Crippen LogP contribution in [0.1, 0.15) is 18.4 Å². The lowest BCUT2D eigenvalue weighted by Gasteiger charge is -2.29. The van der Waals surface area contributed by atoms with Gasteiger partial charge < -0.3 is 10.0 Å². The number of piperidine rings is 1. The summed E-state index contributed by atoms with van der Waals surface area (Å²) in [6.45, 7) is 4.21. The highest BCUT2D eigenvalue weighted by atomic mass is 79.9. The Balaban J connectivity index is 1.71. The summed E-state index contributed by atoms with van der Waals surface area (Å²) in [5.74, 6) is 0.499. The molecule has 0 bridgehead atoms. The molecule has 1 aliphatic heterocycles. The molecule has 2 aromatic rings. The summed E-state index contributed by atoms with van der Waals surface area (Å²) in [6, 6.07) is 4.05. The molecule has 1 aliphatic rings. The third-order valence-corrected chi connectivity index (χ3v) is 5.13. The SMILES string of the molecule is Cc1c(Br)ccc2nn(CC3CCN(C(=O)O)CC3)cc12. The maximum Gasteiger partial charge on any atom is 0.407 e. The lowest BCUT2D eigenvalue weighted by atomic mass is 9.97. The Morgan fingerprint density at radius 2 is 2.14 bits per heavy atom. The van der Waals surface area contributed by atoms with E-state index in [1.54, 1.807) is 0 Å². The number of halogens is 1. The summed E-state index contributed by atoms with van der Waals surface area (Å²) < 4.78 is 3.11. The third-order valence-electron chi connectivity index (χ3n) is 4.27. The van der Waals surface area contributed by atoms with E-state index in [4.69, 9.17) is 5.11 Å². The van der Waals surface area contributed by atoms with Crippen LogP contribution in [0.2, 0.25) is 0 Å². The van der Waals surface area contributed by atoms with Gasteiger partial charge in [0.2, 0.25) is 0 Å². The molecule has 112 valence electrons. The Kier molecular flexibility index (Phi) is 3.89. The van der Waals surface area contributed by atoms with Crippen molar-refractivity contribution in [3.8, 4) is 0 Å². The van der Waals surface area contributed by atoms with Crippen LogP contribution in [0.3, 0.4) is 0 Å². The zero-order valence-electron chi connectivity index (χ0n) is 11.9. The highest BCUT2D eigenvalue weighted by Crippen LogP contribution is 2.26. The van der Waals surface area contributed by atoms with E-state index in [1.165, 1.54) is 15.8 Å². The molecule has 1 N–H and O–H groups in total. The number of hydrogen-bond donors (Lipinski definition) is 1. The fourth-order valence-corrected chi connectivity index (χ4v) is 3.26. The van der Waals surface area contributed by atoms with Gasteiger partial charge in [-0.05, 0) is 43.4 Å². The quantitative estimate of drug-likeness (QED) is 0.900. The number of likely N-dealkylation sites (tertiary alicyclic amines) is 1. The molecule has 1 saturated heterocycles. The van der Waals surface area contributed by atoms with E-state index >= 15 is 0 Å². The molecule has 0 unspecified atom stereocenters. The molecule has 1 amide bonds. The number of carbonyl (C=O) groups is 1. The summed E-state index contributed by atoms with van der Waals surface area (Å²) in [4.78, 5) is 12.4. The van der Waals surface area contributed by atoms with Crippen LogP contribution in [-0.4, -0.2) is 39.0 Å². The molecule has 21 heavy (non-hydrogen) atoms. The van der Waals surface area contributed by atoms with Crippen molar-refractivity contribution >= 4 is 32.9 Å². The van der Waals surface area contributed by atoms with Crippen molar-refractivity contribution in [3.05, 3.63) is 28.4 Å². The first-order valence-corrected chi connectivity index (χ1v) is 7.94. The minimum Gasteiger partial charge on any atom is -0.465 e. The van der Waals surface area contributed by atoms with Gasteiger partial charge in [0, 0.05) is 35.7 Å². The molecule has 6 heteroatoms. The summed E-state index contributed by atoms with van der Waals surface area (Å²) in [5.41, 5.74) is 2.22. The molecule has 0 radical (unpaired) electrons. The Morgan fingerprint density at radius 1 is 1.43 bits per heavy atom. The van der Waals surface area contributed by atoms with Gasteiger partial charge in [-0.2, -0.15) is 5.10 Å². The normalized spacial score (nSPS) is 16.6. The molecule has 1 aromatic carbocycles. The summed E-state index contributed by atoms with van der Waals surface area (Å²) in [7, 11) is 0. The van der Waals surface area contributed by atoms with E-state index in [-0.39, 0.29) is 0 Å². The first-order valence-electron chi connectivity index (χ1n) is 7.14. The highest BCUT2D eigenvalue weighted by Gasteiger charge is 2.22. The van der Waals surface area contributed by atoms with E-state index in [9.17, 15) is 4.79 Å². The van der Waals surface area contributed by atoms with Crippen molar-refractivity contribution in [2.24, 2.45) is 5.92 Å². The van der Waals surface area contributed by atoms with E-state index in [1.807, 2.05) is 16.8 Å². The third kappa shape index (κ3) is 2.90. The first-order chi connectivity index (χ1) is 10.0. The minimum atomic E-state index is -0.807. The lowest BCUT2D eigenvalue weighted by Crippen LogP contribution is -2.38. The van der Waals surface area contributed by atoms with Crippen molar-refractivity contribution in [3.63, 3.8) is 0 Å². The number of aryl methyl sites for hydroxylation is 1. The van der Waals surface area contributed by atoms with E-state index in [2.05, 4.69) is 34.1 Å². The molecule has 0 atom stereocenters. The van der Waals surface area contributed by atoms with Gasteiger partial charge in [0.05, 0.1) is 5.52 Å². The average molecular weight is 352 g/mol. The van der Waals surface area contributed by atoms with Gasteiger partial charge in [-0.15, -0.1) is 0 Å². The van der Waals surface area contributed by atoms with Crippen LogP contribution in [0.15, 0.2) is 22.8 Å². The molecular formula is C15H18BrN3O2. The van der Waals surface area contributed by atoms with Crippen LogP contribution >= 0.6 is 15.9 Å². The molecule has 5 nitrogen and oxygen atoms in total. The number of fused-ring (bicyclic) bond motifs is 1. The molecule has 1 aromatic heterocycles. The van der Waals surface area contributed by atoms with E-state index < -0.39 is 6.09 Å². The van der Waals surface area contributed by atoms with E-state index in [0.717, 1.165) is 29.4 Å². The largest absolute Gasteiger partial charge is 0.465 e. The second kappa shape index (κ2) is 5.67. The Bertz CT molecular complexity index is 675. The smallest absolute Gasteiger partial charge is 0.407 e. The van der Waals surface area contributed by atoms with Crippen LogP contribution in [-0.2, 0) is 6.54 Å². The molecule has 3 rings (SSSR count). The molecule has 0 spiro atoms. The summed E-state index contributed by atoms with van der Waals surface area (Å²) in [6.07, 6.45) is 3.11. The van der Waals surface area contributed by atoms with Gasteiger partial charge >= 0.3 is 6.09 Å². The highest BCUT2D eigenvalue weighted by molar-refractivity contribution is 9.10. The van der Waals surface area contributed by atoms with Gasteiger partial charge in [-0.1, -0.05) is 15.9 Å². The minimum absolute atomic E-state index is 0.499. The van der Waals surface area contributed by atoms with Gasteiger partial charge in [-0.3, -0.25) is 4.68 Å². The van der Waals surface area contributed by atoms with Crippen molar-refractivity contribution in [1.29, 1.82) is 0 Å². The van der Waals surface area contributed by atoms with Crippen molar-refractivity contribution in [1.82, 2.24) is 14.7 Å². The predicted molar refractivity (Wildman–Crippen MR) is 84.5 cm³/mol. The van der Waals surface area contributed by atoms with Crippen molar-refractivity contribution in [2.45, 2.75) is 26.3 Å². The average Bonchev–Trinajstić information content (AvgIpc) is 2.87. The van der Waals surface area contributed by atoms with Crippen LogP contribution in [0, 0.1) is 12.8 Å². The fourth-order valence-electron chi connectivity index (χ4n) is 2.92. The standard InChI is InChI=1S/C15H18BrN3O2/c1-10-12-9-19(17-14(12)3-2-13(10)16)8-11-4-6-18(7-5-11)15(20)21/h2-3,9,11H,4-8H2,1H3,(H,20,21). The number of nitrogens with zero attached hydrogens (tertiary/aromatic N) is 3. The number of carboxylic acid groups (broad SMARTS) is 1. The van der Waals surface area contributed by atoms with Crippen LogP contribution in [0.5, 0.6) is 0 Å². The molecule has 1 fully saturated rings. The summed E-state index contributed by atoms with van der Waals surface area (Å²) in [5, 5.41) is 14.8. The van der Waals surface area contributed by atoms with Gasteiger partial charge in [-0.25, -0.2) is 4.79 Å². The maximum atomic E-state index is 10.9. The van der Waals surface area contributed by atoms with Gasteiger partial charge in [0.25, 0.3) is 0 Å². The number of amides is 1. The Labute approximate surface area is 131 Å². The lowest BCUT2D eigenvalue weighted by molar-refractivity contribution is 0.121. The monoisotopic (exact) mass is 351 g/mol. The summed E-state index contributed by atoms with van der Waals surface area (Å²) >= 11 is 3.55. The number of aromatic nitrogens is 2. The first kappa shape index (κ1) is 14.4. The van der Waals surface area contributed by atoms with E-state index in [0.29, 0.717) is 19.0 Å². The number of benzene rings is 1. The van der Waals surface area contributed by atoms with Crippen molar-refractivity contribution < 1.29 is 9.90 Å². The number of hydrogen-bond acceptors (Lipinski definition) is 2. The second-order valence-electron chi connectivity index (χ2n) is 5.67. The van der Waals surface area contributed by atoms with Crippen LogP contribution in [0.25, 0.3) is 10.9 Å². The predicted octanol–water partition coefficient (Wildman–Crippen LogP) is 3.50. The second-order valence-corrected chi connectivity index (χ2v) is 6.52. The topological polar surface area (TPSA) is 58.4 Å². The van der Waals surface area contributed by atoms with Crippen LogP contribution < -0.4 is 0 Å². The number of rotatable bonds is 2. The fraction of sp³-hybridized carbons (Fsp3) is 0.467.